The summed E-state index contributed by atoms with van der Waals surface area (Å²) in [7, 11) is -2.83. The van der Waals surface area contributed by atoms with Gasteiger partial charge in [-0.3, -0.25) is 13.9 Å². The Bertz CT molecular complexity index is 1660. The van der Waals surface area contributed by atoms with Crippen molar-refractivity contribution in [2.75, 3.05) is 29.8 Å². The molecule has 12 heteroatoms. The van der Waals surface area contributed by atoms with Gasteiger partial charge in [0.2, 0.25) is 5.88 Å². The van der Waals surface area contributed by atoms with Crippen molar-refractivity contribution < 1.29 is 17.5 Å². The molecule has 9 nitrogen and oxygen atoms in total. The summed E-state index contributed by atoms with van der Waals surface area (Å²) in [6.45, 7) is 1.75. The third-order valence-electron chi connectivity index (χ3n) is 6.13. The van der Waals surface area contributed by atoms with E-state index in [9.17, 15) is 17.6 Å². The number of piperidine rings is 1. The molecule has 192 valence electrons. The molecule has 0 amide bonds. The number of aromatic nitrogens is 3. The van der Waals surface area contributed by atoms with Crippen LogP contribution >= 0.6 is 11.6 Å². The van der Waals surface area contributed by atoms with E-state index >= 15 is 0 Å². The Kier molecular flexibility index (Phi) is 6.74. The molecule has 1 fully saturated rings. The van der Waals surface area contributed by atoms with Gasteiger partial charge in [0.1, 0.15) is 27.9 Å². The van der Waals surface area contributed by atoms with Gasteiger partial charge in [0, 0.05) is 42.7 Å². The molecule has 1 aromatic carbocycles. The average Bonchev–Trinajstić information content (AvgIpc) is 2.88. The molecule has 4 heterocycles. The lowest BCUT2D eigenvalue weighted by atomic mass is 10.1. The minimum Gasteiger partial charge on any atom is -0.480 e. The van der Waals surface area contributed by atoms with Gasteiger partial charge in [-0.1, -0.05) is 11.6 Å². The zero-order chi connectivity index (χ0) is 26.2. The highest BCUT2D eigenvalue weighted by atomic mass is 35.5. The molecule has 5 rings (SSSR count). The third-order valence-corrected chi connectivity index (χ3v) is 7.98. The predicted molar refractivity (Wildman–Crippen MR) is 140 cm³/mol. The first kappa shape index (κ1) is 25.0. The molecule has 1 saturated heterocycles. The average molecular weight is 544 g/mol. The van der Waals surface area contributed by atoms with Crippen LogP contribution in [0.5, 0.6) is 5.88 Å². The Labute approximate surface area is 217 Å². The number of sulfonamides is 1. The maximum atomic E-state index is 13.4. The van der Waals surface area contributed by atoms with Gasteiger partial charge in [0.05, 0.1) is 12.1 Å². The first-order chi connectivity index (χ1) is 17.7. The zero-order valence-electron chi connectivity index (χ0n) is 19.8. The SMILES string of the molecule is COc1ncc(-c2ccc3nc(N4CCCCC4)cc(=O)n3c2)cc1NS(=O)(=O)c1ccc(F)cc1Cl. The Morgan fingerprint density at radius 3 is 2.57 bits per heavy atom. The molecule has 1 aliphatic rings. The van der Waals surface area contributed by atoms with Gasteiger partial charge in [-0.25, -0.2) is 22.8 Å². The standard InChI is InChI=1S/C25H23ClFN5O4S/c1-36-25-20(30-37(34,35)21-7-6-18(27)12-19(21)26)11-17(14-28-25)16-5-8-22-29-23(13-24(33)32(22)15-16)31-9-3-2-4-10-31/h5-8,11-15,30H,2-4,9-10H2,1H3. The van der Waals surface area contributed by atoms with Gasteiger partial charge in [0.15, 0.2) is 0 Å². The highest BCUT2D eigenvalue weighted by Gasteiger charge is 2.22. The number of anilines is 2. The summed E-state index contributed by atoms with van der Waals surface area (Å²) in [5.41, 5.74) is 1.47. The summed E-state index contributed by atoms with van der Waals surface area (Å²) in [5, 5.41) is -0.263. The molecule has 0 aliphatic carbocycles. The largest absolute Gasteiger partial charge is 0.480 e. The molecule has 0 unspecified atom stereocenters. The lowest BCUT2D eigenvalue weighted by Crippen LogP contribution is -2.31. The molecular formula is C25H23ClFN5O4S. The van der Waals surface area contributed by atoms with Crippen LogP contribution in [0.2, 0.25) is 5.02 Å². The molecule has 3 aromatic heterocycles. The van der Waals surface area contributed by atoms with Crippen LogP contribution in [0.4, 0.5) is 15.9 Å². The maximum Gasteiger partial charge on any atom is 0.263 e. The van der Waals surface area contributed by atoms with Crippen LogP contribution in [0, 0.1) is 5.82 Å². The fourth-order valence-electron chi connectivity index (χ4n) is 4.28. The quantitative estimate of drug-likeness (QED) is 0.385. The van der Waals surface area contributed by atoms with Crippen molar-refractivity contribution in [2.24, 2.45) is 0 Å². The van der Waals surface area contributed by atoms with Crippen molar-refractivity contribution in [3.05, 3.63) is 76.1 Å². The third kappa shape index (κ3) is 5.09. The van der Waals surface area contributed by atoms with E-state index in [1.165, 1.54) is 36.3 Å². The Morgan fingerprint density at radius 1 is 1.05 bits per heavy atom. The summed E-state index contributed by atoms with van der Waals surface area (Å²) < 4.78 is 48.4. The fourth-order valence-corrected chi connectivity index (χ4v) is 5.87. The highest BCUT2D eigenvalue weighted by Crippen LogP contribution is 2.32. The second-order valence-electron chi connectivity index (χ2n) is 8.61. The summed E-state index contributed by atoms with van der Waals surface area (Å²) in [6.07, 6.45) is 6.46. The molecule has 37 heavy (non-hydrogen) atoms. The zero-order valence-corrected chi connectivity index (χ0v) is 21.4. The van der Waals surface area contributed by atoms with Crippen molar-refractivity contribution in [1.29, 1.82) is 0 Å². The molecule has 0 bridgehead atoms. The fraction of sp³-hybridized carbons (Fsp3) is 0.240. The highest BCUT2D eigenvalue weighted by molar-refractivity contribution is 7.92. The van der Waals surface area contributed by atoms with Gasteiger partial charge in [-0.15, -0.1) is 0 Å². The van der Waals surface area contributed by atoms with Crippen LogP contribution in [-0.4, -0.2) is 43.0 Å². The van der Waals surface area contributed by atoms with E-state index in [0.29, 0.717) is 22.6 Å². The summed E-state index contributed by atoms with van der Waals surface area (Å²) in [6, 6.07) is 9.56. The first-order valence-electron chi connectivity index (χ1n) is 11.6. The number of nitrogens with zero attached hydrogens (tertiary/aromatic N) is 4. The minimum atomic E-state index is -4.19. The van der Waals surface area contributed by atoms with Gasteiger partial charge < -0.3 is 9.64 Å². The van der Waals surface area contributed by atoms with Crippen LogP contribution in [0.1, 0.15) is 19.3 Å². The number of hydrogen-bond donors (Lipinski definition) is 1. The van der Waals surface area contributed by atoms with E-state index in [2.05, 4.69) is 19.6 Å². The first-order valence-corrected chi connectivity index (χ1v) is 13.4. The molecule has 0 atom stereocenters. The molecule has 0 spiro atoms. The van der Waals surface area contributed by atoms with Crippen molar-refractivity contribution in [1.82, 2.24) is 14.4 Å². The van der Waals surface area contributed by atoms with Crippen LogP contribution in [0.15, 0.2) is 64.5 Å². The predicted octanol–water partition coefficient (Wildman–Crippen LogP) is 4.35. The minimum absolute atomic E-state index is 0.0244. The number of nitrogens with one attached hydrogen (secondary N) is 1. The van der Waals surface area contributed by atoms with E-state index in [1.807, 2.05) is 0 Å². The van der Waals surface area contributed by atoms with Gasteiger partial charge in [-0.05, 0) is 55.7 Å². The number of fused-ring (bicyclic) bond motifs is 1. The second-order valence-corrected chi connectivity index (χ2v) is 10.7. The van der Waals surface area contributed by atoms with Gasteiger partial charge in [0.25, 0.3) is 15.6 Å². The van der Waals surface area contributed by atoms with Crippen LogP contribution in [0.25, 0.3) is 16.8 Å². The Hall–Kier alpha value is -3.70. The molecule has 1 aliphatic heterocycles. The molecule has 4 aromatic rings. The Morgan fingerprint density at radius 2 is 1.84 bits per heavy atom. The topological polar surface area (TPSA) is 106 Å². The number of rotatable bonds is 6. The number of methoxy groups -OCH3 is 1. The molecule has 0 saturated carbocycles. The molecule has 1 N–H and O–H groups in total. The van der Waals surface area contributed by atoms with Gasteiger partial charge >= 0.3 is 0 Å². The Balaban J connectivity index is 1.50. The van der Waals surface area contributed by atoms with E-state index < -0.39 is 15.8 Å². The summed E-state index contributed by atoms with van der Waals surface area (Å²) >= 11 is 5.96. The number of benzene rings is 1. The number of hydrogen-bond acceptors (Lipinski definition) is 7. The van der Waals surface area contributed by atoms with Gasteiger partial charge in [-0.2, -0.15) is 0 Å². The van der Waals surface area contributed by atoms with E-state index in [4.69, 9.17) is 16.3 Å². The monoisotopic (exact) mass is 543 g/mol. The number of pyridine rings is 2. The smallest absolute Gasteiger partial charge is 0.263 e. The molecule has 0 radical (unpaired) electrons. The van der Waals surface area contributed by atoms with E-state index in [-0.39, 0.29) is 27.0 Å². The van der Waals surface area contributed by atoms with Crippen molar-refractivity contribution >= 4 is 38.8 Å². The number of halogens is 2. The maximum absolute atomic E-state index is 13.4. The van der Waals surface area contributed by atoms with Crippen molar-refractivity contribution in [2.45, 2.75) is 24.2 Å². The van der Waals surface area contributed by atoms with E-state index in [0.717, 1.165) is 44.1 Å². The summed E-state index contributed by atoms with van der Waals surface area (Å²) in [4.78, 5) is 23.6. The normalized spacial score (nSPS) is 14.1. The molecular weight excluding hydrogens is 521 g/mol. The van der Waals surface area contributed by atoms with Crippen LogP contribution in [0.3, 0.4) is 0 Å². The number of ether oxygens (including phenoxy) is 1. The van der Waals surface area contributed by atoms with Crippen LogP contribution in [-0.2, 0) is 10.0 Å². The second kappa shape index (κ2) is 9.98. The van der Waals surface area contributed by atoms with Crippen LogP contribution < -0.4 is 19.9 Å². The van der Waals surface area contributed by atoms with E-state index in [1.54, 1.807) is 18.3 Å². The lowest BCUT2D eigenvalue weighted by Gasteiger charge is -2.27. The van der Waals surface area contributed by atoms with Crippen molar-refractivity contribution in [3.63, 3.8) is 0 Å². The summed E-state index contributed by atoms with van der Waals surface area (Å²) in [5.74, 6) is 0.0327. The lowest BCUT2D eigenvalue weighted by molar-refractivity contribution is 0.400. The van der Waals surface area contributed by atoms with Crippen molar-refractivity contribution in [3.8, 4) is 17.0 Å².